The number of nitrogens with zero attached hydrogens (tertiary/aromatic N) is 2. The van der Waals surface area contributed by atoms with E-state index in [2.05, 4.69) is 89.4 Å². The van der Waals surface area contributed by atoms with Crippen molar-refractivity contribution in [2.45, 2.75) is 31.5 Å². The SMILES string of the molecule is C=CCN1[C@@H](c2ccccc2)CC(=NOCc2ccccc2)C[C@H]1c1ccccc1. The first-order valence-electron chi connectivity index (χ1n) is 10.5. The van der Waals surface area contributed by atoms with Crippen molar-refractivity contribution in [2.75, 3.05) is 6.54 Å². The van der Waals surface area contributed by atoms with E-state index in [1.165, 1.54) is 11.1 Å². The molecular formula is C27H28N2O. The van der Waals surface area contributed by atoms with Gasteiger partial charge >= 0.3 is 0 Å². The van der Waals surface area contributed by atoms with Gasteiger partial charge < -0.3 is 4.84 Å². The Labute approximate surface area is 179 Å². The molecule has 0 bridgehead atoms. The Kier molecular flexibility index (Phi) is 6.73. The van der Waals surface area contributed by atoms with Gasteiger partial charge in [-0.2, -0.15) is 0 Å². The zero-order valence-electron chi connectivity index (χ0n) is 17.2. The van der Waals surface area contributed by atoms with Crippen LogP contribution in [0.15, 0.2) is 109 Å². The van der Waals surface area contributed by atoms with Gasteiger partial charge in [0.2, 0.25) is 0 Å². The molecule has 1 heterocycles. The molecule has 3 heteroatoms. The van der Waals surface area contributed by atoms with E-state index in [-0.39, 0.29) is 12.1 Å². The van der Waals surface area contributed by atoms with Crippen LogP contribution in [0.3, 0.4) is 0 Å². The molecule has 0 amide bonds. The highest BCUT2D eigenvalue weighted by Gasteiger charge is 2.35. The molecule has 30 heavy (non-hydrogen) atoms. The third-order valence-corrected chi connectivity index (χ3v) is 5.63. The van der Waals surface area contributed by atoms with Crippen molar-refractivity contribution in [3.63, 3.8) is 0 Å². The van der Waals surface area contributed by atoms with Crippen molar-refractivity contribution in [3.8, 4) is 0 Å². The minimum Gasteiger partial charge on any atom is -0.391 e. The average molecular weight is 397 g/mol. The number of hydrogen-bond acceptors (Lipinski definition) is 3. The second-order valence-corrected chi connectivity index (χ2v) is 7.66. The molecule has 1 fully saturated rings. The van der Waals surface area contributed by atoms with Crippen LogP contribution < -0.4 is 0 Å². The van der Waals surface area contributed by atoms with Crippen LogP contribution in [0.25, 0.3) is 0 Å². The minimum absolute atomic E-state index is 0.238. The Balaban J connectivity index is 1.62. The molecule has 0 radical (unpaired) electrons. The first-order chi connectivity index (χ1) is 14.8. The summed E-state index contributed by atoms with van der Waals surface area (Å²) in [5, 5.41) is 4.59. The predicted octanol–water partition coefficient (Wildman–Crippen LogP) is 6.32. The molecule has 0 aromatic heterocycles. The summed E-state index contributed by atoms with van der Waals surface area (Å²) >= 11 is 0. The summed E-state index contributed by atoms with van der Waals surface area (Å²) in [6.07, 6.45) is 3.71. The van der Waals surface area contributed by atoms with Crippen LogP contribution in [0.1, 0.15) is 41.6 Å². The van der Waals surface area contributed by atoms with Crippen molar-refractivity contribution in [3.05, 3.63) is 120 Å². The fourth-order valence-electron chi connectivity index (χ4n) is 4.20. The molecule has 0 spiro atoms. The van der Waals surface area contributed by atoms with Gasteiger partial charge in [0.15, 0.2) is 0 Å². The molecule has 3 aromatic rings. The average Bonchev–Trinajstić information content (AvgIpc) is 2.82. The van der Waals surface area contributed by atoms with E-state index >= 15 is 0 Å². The monoisotopic (exact) mass is 396 g/mol. The second kappa shape index (κ2) is 10.0. The van der Waals surface area contributed by atoms with Crippen molar-refractivity contribution < 1.29 is 4.84 Å². The van der Waals surface area contributed by atoms with Gasteiger partial charge in [0, 0.05) is 31.5 Å². The second-order valence-electron chi connectivity index (χ2n) is 7.66. The molecule has 1 aliphatic rings. The first-order valence-corrected chi connectivity index (χ1v) is 10.5. The first kappa shape index (κ1) is 20.1. The summed E-state index contributed by atoms with van der Waals surface area (Å²) in [5.74, 6) is 0. The molecule has 0 aliphatic carbocycles. The Hall–Kier alpha value is -3.17. The van der Waals surface area contributed by atoms with Gasteiger partial charge in [0.05, 0.1) is 5.71 Å². The number of rotatable bonds is 7. The zero-order valence-corrected chi connectivity index (χ0v) is 17.2. The summed E-state index contributed by atoms with van der Waals surface area (Å²) < 4.78 is 0. The summed E-state index contributed by atoms with van der Waals surface area (Å²) in [7, 11) is 0. The van der Waals surface area contributed by atoms with Crippen molar-refractivity contribution in [2.24, 2.45) is 5.16 Å². The molecule has 2 atom stereocenters. The molecule has 0 saturated carbocycles. The number of oxime groups is 1. The Morgan fingerprint density at radius 2 is 1.30 bits per heavy atom. The van der Waals surface area contributed by atoms with Gasteiger partial charge in [-0.15, -0.1) is 6.58 Å². The van der Waals surface area contributed by atoms with Crippen molar-refractivity contribution in [1.82, 2.24) is 4.90 Å². The molecule has 0 N–H and O–H groups in total. The molecule has 3 nitrogen and oxygen atoms in total. The third-order valence-electron chi connectivity index (χ3n) is 5.63. The lowest BCUT2D eigenvalue weighted by Crippen LogP contribution is -2.40. The van der Waals surface area contributed by atoms with Gasteiger partial charge in [0.1, 0.15) is 6.61 Å². The standard InChI is InChI=1S/C27H28N2O/c1-2-18-29-26(23-14-8-4-9-15-23)19-25(20-27(29)24-16-10-5-11-17-24)28-30-21-22-12-6-3-7-13-22/h2-17,26-27H,1,18-21H2/t26-,27+. The summed E-state index contributed by atoms with van der Waals surface area (Å²) in [6.45, 7) is 5.34. The normalized spacial score (nSPS) is 20.7. The number of piperidine rings is 1. The maximum atomic E-state index is 5.77. The number of hydrogen-bond donors (Lipinski definition) is 0. The number of likely N-dealkylation sites (tertiary alicyclic amines) is 1. The topological polar surface area (TPSA) is 24.8 Å². The minimum atomic E-state index is 0.238. The number of benzene rings is 3. The van der Waals surface area contributed by atoms with Crippen LogP contribution in [0.4, 0.5) is 0 Å². The van der Waals surface area contributed by atoms with E-state index in [9.17, 15) is 0 Å². The van der Waals surface area contributed by atoms with Gasteiger partial charge in [-0.25, -0.2) is 0 Å². The van der Waals surface area contributed by atoms with Crippen LogP contribution in [0.2, 0.25) is 0 Å². The lowest BCUT2D eigenvalue weighted by Gasteiger charge is -2.42. The Bertz CT molecular complexity index is 902. The van der Waals surface area contributed by atoms with Crippen LogP contribution in [0, 0.1) is 0 Å². The van der Waals surface area contributed by atoms with E-state index in [0.29, 0.717) is 6.61 Å². The molecule has 4 rings (SSSR count). The van der Waals surface area contributed by atoms with Crippen LogP contribution in [-0.2, 0) is 11.4 Å². The van der Waals surface area contributed by atoms with E-state index in [1.807, 2.05) is 24.3 Å². The fourth-order valence-corrected chi connectivity index (χ4v) is 4.20. The zero-order chi connectivity index (χ0) is 20.6. The van der Waals surface area contributed by atoms with Gasteiger partial charge in [0.25, 0.3) is 0 Å². The van der Waals surface area contributed by atoms with E-state index in [0.717, 1.165) is 30.7 Å². The summed E-state index contributed by atoms with van der Waals surface area (Å²) in [6, 6.07) is 32.0. The maximum absolute atomic E-state index is 5.77. The van der Waals surface area contributed by atoms with Crippen LogP contribution >= 0.6 is 0 Å². The lowest BCUT2D eigenvalue weighted by atomic mass is 9.86. The molecule has 152 valence electrons. The van der Waals surface area contributed by atoms with Crippen LogP contribution in [-0.4, -0.2) is 17.2 Å². The molecule has 3 aromatic carbocycles. The van der Waals surface area contributed by atoms with Gasteiger partial charge in [-0.1, -0.05) is 102 Å². The molecule has 1 saturated heterocycles. The largest absolute Gasteiger partial charge is 0.391 e. The molecule has 1 aliphatic heterocycles. The lowest BCUT2D eigenvalue weighted by molar-refractivity contribution is 0.112. The fraction of sp³-hybridized carbons (Fsp3) is 0.222. The van der Waals surface area contributed by atoms with Gasteiger partial charge in [-0.3, -0.25) is 4.90 Å². The van der Waals surface area contributed by atoms with E-state index < -0.39 is 0 Å². The van der Waals surface area contributed by atoms with Crippen molar-refractivity contribution >= 4 is 5.71 Å². The van der Waals surface area contributed by atoms with Gasteiger partial charge in [-0.05, 0) is 16.7 Å². The Morgan fingerprint density at radius 1 is 0.800 bits per heavy atom. The van der Waals surface area contributed by atoms with Crippen LogP contribution in [0.5, 0.6) is 0 Å². The molecule has 0 unspecified atom stereocenters. The van der Waals surface area contributed by atoms with E-state index in [1.54, 1.807) is 0 Å². The molecular weight excluding hydrogens is 368 g/mol. The quantitative estimate of drug-likeness (QED) is 0.345. The smallest absolute Gasteiger partial charge is 0.142 e. The highest BCUT2D eigenvalue weighted by atomic mass is 16.6. The summed E-state index contributed by atoms with van der Waals surface area (Å²) in [4.78, 5) is 8.31. The summed E-state index contributed by atoms with van der Waals surface area (Å²) in [5.41, 5.74) is 4.84. The van der Waals surface area contributed by atoms with E-state index in [4.69, 9.17) is 4.84 Å². The highest BCUT2D eigenvalue weighted by Crippen LogP contribution is 2.40. The van der Waals surface area contributed by atoms with Crippen molar-refractivity contribution in [1.29, 1.82) is 0 Å². The Morgan fingerprint density at radius 3 is 1.80 bits per heavy atom. The maximum Gasteiger partial charge on any atom is 0.142 e. The third kappa shape index (κ3) is 4.87. The predicted molar refractivity (Wildman–Crippen MR) is 123 cm³/mol. The highest BCUT2D eigenvalue weighted by molar-refractivity contribution is 5.86.